The molecule has 1 aromatic carbocycles. The minimum absolute atomic E-state index is 0.140. The Labute approximate surface area is 129 Å². The average molecular weight is 297 g/mol. The molecule has 1 amide bonds. The molecule has 2 N–H and O–H groups in total. The van der Waals surface area contributed by atoms with Crippen molar-refractivity contribution >= 4 is 5.91 Å². The fraction of sp³-hybridized carbons (Fsp3) is 0.412. The molecule has 5 heteroatoms. The number of amides is 1. The molecule has 0 saturated carbocycles. The fourth-order valence-corrected chi connectivity index (χ4v) is 3.76. The highest BCUT2D eigenvalue weighted by atomic mass is 16.3. The predicted molar refractivity (Wildman–Crippen MR) is 81.6 cm³/mol. The summed E-state index contributed by atoms with van der Waals surface area (Å²) in [6, 6.07) is 7.55. The van der Waals surface area contributed by atoms with Gasteiger partial charge in [-0.05, 0) is 30.4 Å². The SMILES string of the molecule is Cn1nc2c(c1C(=O)NC1c3ccccc3CC1O)CCC2. The van der Waals surface area contributed by atoms with E-state index < -0.39 is 6.10 Å². The number of fused-ring (bicyclic) bond motifs is 2. The van der Waals surface area contributed by atoms with Crippen molar-refractivity contribution < 1.29 is 9.90 Å². The van der Waals surface area contributed by atoms with E-state index >= 15 is 0 Å². The van der Waals surface area contributed by atoms with Gasteiger partial charge in [-0.3, -0.25) is 9.48 Å². The Morgan fingerprint density at radius 1 is 1.36 bits per heavy atom. The van der Waals surface area contributed by atoms with Gasteiger partial charge in [-0.1, -0.05) is 24.3 Å². The molecule has 0 saturated heterocycles. The monoisotopic (exact) mass is 297 g/mol. The van der Waals surface area contributed by atoms with Crippen LogP contribution in [0, 0.1) is 0 Å². The third kappa shape index (κ3) is 1.96. The van der Waals surface area contributed by atoms with Crippen LogP contribution >= 0.6 is 0 Å². The first-order chi connectivity index (χ1) is 10.6. The molecule has 2 atom stereocenters. The predicted octanol–water partition coefficient (Wildman–Crippen LogP) is 1.30. The van der Waals surface area contributed by atoms with Gasteiger partial charge < -0.3 is 10.4 Å². The van der Waals surface area contributed by atoms with Gasteiger partial charge in [0.1, 0.15) is 5.69 Å². The van der Waals surface area contributed by atoms with E-state index in [0.717, 1.165) is 41.6 Å². The standard InChI is InChI=1S/C17H19N3O2/c1-20-16(12-7-4-8-13(12)19-20)17(22)18-15-11-6-3-2-5-10(11)9-14(15)21/h2-3,5-6,14-15,21H,4,7-9H2,1H3,(H,18,22). The second kappa shape index (κ2) is 4.95. The van der Waals surface area contributed by atoms with E-state index in [9.17, 15) is 9.90 Å². The Balaban J connectivity index is 1.63. The van der Waals surface area contributed by atoms with Gasteiger partial charge in [0.25, 0.3) is 5.91 Å². The van der Waals surface area contributed by atoms with E-state index in [-0.39, 0.29) is 11.9 Å². The number of rotatable bonds is 2. The molecule has 0 bridgehead atoms. The third-order valence-corrected chi connectivity index (χ3v) is 4.77. The van der Waals surface area contributed by atoms with Gasteiger partial charge in [-0.25, -0.2) is 0 Å². The lowest BCUT2D eigenvalue weighted by Gasteiger charge is -2.18. The molecule has 0 aliphatic heterocycles. The summed E-state index contributed by atoms with van der Waals surface area (Å²) in [7, 11) is 1.81. The maximum Gasteiger partial charge on any atom is 0.270 e. The van der Waals surface area contributed by atoms with Crippen molar-refractivity contribution in [1.82, 2.24) is 15.1 Å². The van der Waals surface area contributed by atoms with E-state index in [2.05, 4.69) is 10.4 Å². The van der Waals surface area contributed by atoms with Crippen LogP contribution in [0.2, 0.25) is 0 Å². The van der Waals surface area contributed by atoms with E-state index in [4.69, 9.17) is 0 Å². The number of aryl methyl sites for hydroxylation is 2. The topological polar surface area (TPSA) is 67.2 Å². The number of carbonyl (C=O) groups is 1. The van der Waals surface area contributed by atoms with Crippen molar-refractivity contribution in [3.05, 3.63) is 52.3 Å². The first-order valence-corrected chi connectivity index (χ1v) is 7.76. The summed E-state index contributed by atoms with van der Waals surface area (Å²) in [6.07, 6.45) is 2.95. The van der Waals surface area contributed by atoms with Crippen LogP contribution in [0.4, 0.5) is 0 Å². The van der Waals surface area contributed by atoms with Gasteiger partial charge in [0.2, 0.25) is 0 Å². The quantitative estimate of drug-likeness (QED) is 0.878. The molecule has 2 aliphatic rings. The van der Waals surface area contributed by atoms with Crippen LogP contribution in [0.15, 0.2) is 24.3 Å². The Morgan fingerprint density at radius 3 is 3.05 bits per heavy atom. The number of aliphatic hydroxyl groups excluding tert-OH is 1. The van der Waals surface area contributed by atoms with E-state index in [1.165, 1.54) is 0 Å². The Hall–Kier alpha value is -2.14. The molecule has 22 heavy (non-hydrogen) atoms. The van der Waals surface area contributed by atoms with Crippen LogP contribution in [0.25, 0.3) is 0 Å². The molecule has 2 unspecified atom stereocenters. The van der Waals surface area contributed by atoms with Crippen molar-refractivity contribution in [2.24, 2.45) is 7.05 Å². The normalized spacial score (nSPS) is 22.5. The van der Waals surface area contributed by atoms with Crippen molar-refractivity contribution in [1.29, 1.82) is 0 Å². The van der Waals surface area contributed by atoms with Gasteiger partial charge in [-0.15, -0.1) is 0 Å². The lowest BCUT2D eigenvalue weighted by molar-refractivity contribution is 0.0848. The van der Waals surface area contributed by atoms with Crippen LogP contribution in [0.3, 0.4) is 0 Å². The minimum Gasteiger partial charge on any atom is -0.390 e. The molecule has 1 aromatic heterocycles. The van der Waals surface area contributed by atoms with E-state index in [0.29, 0.717) is 12.1 Å². The molecular formula is C17H19N3O2. The summed E-state index contributed by atoms with van der Waals surface area (Å²) >= 11 is 0. The summed E-state index contributed by atoms with van der Waals surface area (Å²) < 4.78 is 1.67. The van der Waals surface area contributed by atoms with Gasteiger partial charge >= 0.3 is 0 Å². The maximum atomic E-state index is 12.7. The fourth-order valence-electron chi connectivity index (χ4n) is 3.76. The molecule has 1 heterocycles. The first kappa shape index (κ1) is 13.5. The number of nitrogens with zero attached hydrogens (tertiary/aromatic N) is 2. The number of nitrogens with one attached hydrogen (secondary N) is 1. The second-order valence-corrected chi connectivity index (χ2v) is 6.17. The summed E-state index contributed by atoms with van der Waals surface area (Å²) in [5, 5.41) is 17.7. The Bertz CT molecular complexity index is 750. The molecule has 0 fully saturated rings. The van der Waals surface area contributed by atoms with Gasteiger partial charge in [-0.2, -0.15) is 5.10 Å². The summed E-state index contributed by atoms with van der Waals surface area (Å²) in [4.78, 5) is 12.7. The number of hydrogen-bond donors (Lipinski definition) is 2. The van der Waals surface area contributed by atoms with Crippen LogP contribution in [0.1, 0.15) is 45.3 Å². The zero-order valence-corrected chi connectivity index (χ0v) is 12.5. The lowest BCUT2D eigenvalue weighted by atomic mass is 10.1. The number of aliphatic hydroxyl groups is 1. The van der Waals surface area contributed by atoms with Crippen molar-refractivity contribution in [2.75, 3.05) is 0 Å². The zero-order chi connectivity index (χ0) is 15.3. The van der Waals surface area contributed by atoms with Gasteiger partial charge in [0.15, 0.2) is 0 Å². The molecule has 2 aromatic rings. The van der Waals surface area contributed by atoms with Crippen molar-refractivity contribution in [2.45, 2.75) is 37.8 Å². The molecular weight excluding hydrogens is 278 g/mol. The zero-order valence-electron chi connectivity index (χ0n) is 12.5. The molecule has 0 spiro atoms. The largest absolute Gasteiger partial charge is 0.390 e. The highest BCUT2D eigenvalue weighted by molar-refractivity contribution is 5.94. The second-order valence-electron chi connectivity index (χ2n) is 6.17. The molecule has 2 aliphatic carbocycles. The van der Waals surface area contributed by atoms with Gasteiger partial charge in [0, 0.05) is 19.0 Å². The van der Waals surface area contributed by atoms with Gasteiger partial charge in [0.05, 0.1) is 17.8 Å². The smallest absolute Gasteiger partial charge is 0.270 e. The summed E-state index contributed by atoms with van der Waals surface area (Å²) in [6.45, 7) is 0. The number of hydrogen-bond acceptors (Lipinski definition) is 3. The number of aromatic nitrogens is 2. The molecule has 0 radical (unpaired) electrons. The molecule has 5 nitrogen and oxygen atoms in total. The lowest BCUT2D eigenvalue weighted by Crippen LogP contribution is -2.35. The van der Waals surface area contributed by atoms with Crippen LogP contribution < -0.4 is 5.32 Å². The molecule has 114 valence electrons. The van der Waals surface area contributed by atoms with Crippen molar-refractivity contribution in [3.8, 4) is 0 Å². The van der Waals surface area contributed by atoms with E-state index in [1.807, 2.05) is 31.3 Å². The van der Waals surface area contributed by atoms with E-state index in [1.54, 1.807) is 4.68 Å². The maximum absolute atomic E-state index is 12.7. The summed E-state index contributed by atoms with van der Waals surface area (Å²) in [5.41, 5.74) is 4.88. The highest BCUT2D eigenvalue weighted by Crippen LogP contribution is 2.32. The molecule has 4 rings (SSSR count). The summed E-state index contributed by atoms with van der Waals surface area (Å²) in [5.74, 6) is -0.140. The van der Waals surface area contributed by atoms with Crippen LogP contribution in [-0.4, -0.2) is 26.9 Å². The van der Waals surface area contributed by atoms with Crippen LogP contribution in [-0.2, 0) is 26.3 Å². The van der Waals surface area contributed by atoms with Crippen LogP contribution in [0.5, 0.6) is 0 Å². The number of benzene rings is 1. The third-order valence-electron chi connectivity index (χ3n) is 4.77. The number of carbonyl (C=O) groups excluding carboxylic acids is 1. The Morgan fingerprint density at radius 2 is 2.18 bits per heavy atom. The minimum atomic E-state index is -0.567. The van der Waals surface area contributed by atoms with Crippen molar-refractivity contribution in [3.63, 3.8) is 0 Å². The average Bonchev–Trinajstić information content (AvgIpc) is 3.12. The Kier molecular flexibility index (Phi) is 3.04. The highest BCUT2D eigenvalue weighted by Gasteiger charge is 2.34. The first-order valence-electron chi connectivity index (χ1n) is 7.76.